The Bertz CT molecular complexity index is 812. The zero-order valence-electron chi connectivity index (χ0n) is 16.2. The molecule has 0 spiro atoms. The number of hydrogen-bond acceptors (Lipinski definition) is 8. The minimum absolute atomic E-state index is 0.0166. The number of halogens is 1. The first kappa shape index (κ1) is 21.3. The lowest BCUT2D eigenvalue weighted by atomic mass is 10.1. The van der Waals surface area contributed by atoms with E-state index in [-0.39, 0.29) is 17.7 Å². The lowest BCUT2D eigenvalue weighted by Crippen LogP contribution is -2.28. The van der Waals surface area contributed by atoms with Gasteiger partial charge in [0.1, 0.15) is 17.5 Å². The molecular formula is C17H26ClN5O4. The molecule has 0 saturated carbocycles. The van der Waals surface area contributed by atoms with Crippen LogP contribution in [0.5, 0.6) is 0 Å². The van der Waals surface area contributed by atoms with Gasteiger partial charge in [-0.05, 0) is 38.8 Å². The monoisotopic (exact) mass is 399 g/mol. The summed E-state index contributed by atoms with van der Waals surface area (Å²) in [7, 11) is 1.29. The number of aliphatic hydroxyl groups is 2. The van der Waals surface area contributed by atoms with Crippen molar-refractivity contribution in [1.82, 2.24) is 19.5 Å². The van der Waals surface area contributed by atoms with E-state index in [9.17, 15) is 15.0 Å². The maximum Gasteiger partial charge on any atom is 0.328 e. The molecule has 150 valence electrons. The fourth-order valence-corrected chi connectivity index (χ4v) is 3.10. The fraction of sp³-hybridized carbons (Fsp3) is 0.647. The summed E-state index contributed by atoms with van der Waals surface area (Å²) >= 11 is 6.15. The number of fused-ring (bicyclic) bond motifs is 1. The maximum atomic E-state index is 12.2. The molecule has 0 aliphatic heterocycles. The van der Waals surface area contributed by atoms with Crippen molar-refractivity contribution in [2.45, 2.75) is 45.8 Å². The van der Waals surface area contributed by atoms with Crippen LogP contribution >= 0.6 is 11.6 Å². The summed E-state index contributed by atoms with van der Waals surface area (Å²) < 4.78 is 6.36. The Morgan fingerprint density at radius 1 is 1.33 bits per heavy atom. The van der Waals surface area contributed by atoms with E-state index in [1.807, 2.05) is 11.8 Å². The summed E-state index contributed by atoms with van der Waals surface area (Å²) in [5.74, 6) is 0.188. The first-order valence-corrected chi connectivity index (χ1v) is 9.15. The first-order chi connectivity index (χ1) is 12.6. The highest BCUT2D eigenvalue weighted by molar-refractivity contribution is 6.28. The fourth-order valence-electron chi connectivity index (χ4n) is 2.94. The lowest BCUT2D eigenvalue weighted by molar-refractivity contribution is -0.144. The molecule has 2 aromatic heterocycles. The van der Waals surface area contributed by atoms with Crippen molar-refractivity contribution in [2.24, 2.45) is 0 Å². The van der Waals surface area contributed by atoms with Gasteiger partial charge in [0.25, 0.3) is 0 Å². The second-order valence-electron chi connectivity index (χ2n) is 6.76. The van der Waals surface area contributed by atoms with Crippen LogP contribution in [0.15, 0.2) is 0 Å². The molecule has 0 radical (unpaired) electrons. The number of rotatable bonds is 8. The molecule has 2 N–H and O–H groups in total. The molecule has 2 heterocycles. The van der Waals surface area contributed by atoms with Gasteiger partial charge in [-0.3, -0.25) is 4.57 Å². The van der Waals surface area contributed by atoms with Gasteiger partial charge in [0, 0.05) is 13.1 Å². The average Bonchev–Trinajstić information content (AvgIpc) is 2.99. The lowest BCUT2D eigenvalue weighted by Gasteiger charge is -2.22. The second-order valence-corrected chi connectivity index (χ2v) is 7.10. The van der Waals surface area contributed by atoms with Gasteiger partial charge in [0.15, 0.2) is 17.0 Å². The molecule has 2 aromatic rings. The summed E-state index contributed by atoms with van der Waals surface area (Å²) in [4.78, 5) is 27.1. The highest BCUT2D eigenvalue weighted by atomic mass is 35.5. The van der Waals surface area contributed by atoms with Crippen LogP contribution in [0.2, 0.25) is 5.28 Å². The molecule has 9 nitrogen and oxygen atoms in total. The number of ether oxygens (including phenoxy) is 1. The molecule has 27 heavy (non-hydrogen) atoms. The topological polar surface area (TPSA) is 114 Å². The SMILES string of the molecule is CCCN(CCO)c1nc(Cl)nc2c1nc(C(C)(C)O)n2C(C)C(=O)OC. The Morgan fingerprint density at radius 3 is 2.52 bits per heavy atom. The van der Waals surface area contributed by atoms with Crippen molar-refractivity contribution in [3.05, 3.63) is 11.1 Å². The number of aliphatic hydroxyl groups excluding tert-OH is 1. The molecule has 2 rings (SSSR count). The van der Waals surface area contributed by atoms with Crippen molar-refractivity contribution in [2.75, 3.05) is 31.7 Å². The van der Waals surface area contributed by atoms with Gasteiger partial charge in [-0.2, -0.15) is 9.97 Å². The highest BCUT2D eigenvalue weighted by Crippen LogP contribution is 2.32. The van der Waals surface area contributed by atoms with E-state index in [0.717, 1.165) is 6.42 Å². The highest BCUT2D eigenvalue weighted by Gasteiger charge is 2.32. The number of methoxy groups -OCH3 is 1. The molecular weight excluding hydrogens is 374 g/mol. The number of carbonyl (C=O) groups excluding carboxylic acids is 1. The predicted molar refractivity (Wildman–Crippen MR) is 102 cm³/mol. The van der Waals surface area contributed by atoms with Crippen LogP contribution in [-0.4, -0.2) is 62.5 Å². The number of hydrogen-bond donors (Lipinski definition) is 2. The molecule has 1 unspecified atom stereocenters. The van der Waals surface area contributed by atoms with Crippen molar-refractivity contribution >= 4 is 34.6 Å². The Morgan fingerprint density at radius 2 is 2.00 bits per heavy atom. The Labute approximate surface area is 162 Å². The third kappa shape index (κ3) is 4.31. The minimum Gasteiger partial charge on any atom is -0.467 e. The van der Waals surface area contributed by atoms with Gasteiger partial charge < -0.3 is 19.8 Å². The second kappa shape index (κ2) is 8.37. The van der Waals surface area contributed by atoms with Gasteiger partial charge >= 0.3 is 5.97 Å². The van der Waals surface area contributed by atoms with E-state index in [1.165, 1.54) is 11.7 Å². The standard InChI is InChI=1S/C17H26ClN5O4/c1-6-7-22(8-9-24)12-11-13(21-16(18)20-12)23(10(2)14(25)27-5)15(19-11)17(3,4)26/h10,24,26H,6-9H2,1-5H3. The number of aromatic nitrogens is 4. The van der Waals surface area contributed by atoms with Crippen molar-refractivity contribution < 1.29 is 19.7 Å². The zero-order valence-corrected chi connectivity index (χ0v) is 17.0. The van der Waals surface area contributed by atoms with Gasteiger partial charge in [-0.25, -0.2) is 9.78 Å². The van der Waals surface area contributed by atoms with Crippen molar-refractivity contribution in [1.29, 1.82) is 0 Å². The number of anilines is 1. The van der Waals surface area contributed by atoms with E-state index < -0.39 is 17.6 Å². The molecule has 0 aliphatic carbocycles. The molecule has 1 atom stereocenters. The van der Waals surface area contributed by atoms with Crippen LogP contribution in [0.4, 0.5) is 5.82 Å². The van der Waals surface area contributed by atoms with Gasteiger partial charge in [-0.15, -0.1) is 0 Å². The van der Waals surface area contributed by atoms with Crippen LogP contribution in [-0.2, 0) is 15.1 Å². The molecule has 10 heteroatoms. The van der Waals surface area contributed by atoms with Crippen LogP contribution < -0.4 is 4.90 Å². The molecule has 0 fully saturated rings. The molecule has 0 aromatic carbocycles. The average molecular weight is 400 g/mol. The zero-order chi connectivity index (χ0) is 20.4. The van der Waals surface area contributed by atoms with E-state index in [0.29, 0.717) is 30.1 Å². The van der Waals surface area contributed by atoms with Crippen LogP contribution in [0.1, 0.15) is 46.0 Å². The van der Waals surface area contributed by atoms with Crippen LogP contribution in [0.3, 0.4) is 0 Å². The molecule has 0 bridgehead atoms. The number of esters is 1. The number of nitrogens with zero attached hydrogens (tertiary/aromatic N) is 5. The minimum atomic E-state index is -1.35. The number of imidazole rings is 1. The van der Waals surface area contributed by atoms with E-state index in [4.69, 9.17) is 16.3 Å². The summed E-state index contributed by atoms with van der Waals surface area (Å²) in [5.41, 5.74) is -0.632. The predicted octanol–water partition coefficient (Wildman–Crippen LogP) is 1.65. The third-order valence-corrected chi connectivity index (χ3v) is 4.30. The maximum absolute atomic E-state index is 12.2. The third-order valence-electron chi connectivity index (χ3n) is 4.13. The van der Waals surface area contributed by atoms with Crippen molar-refractivity contribution in [3.8, 4) is 0 Å². The molecule has 0 saturated heterocycles. The molecule has 0 amide bonds. The normalized spacial score (nSPS) is 13.0. The van der Waals surface area contributed by atoms with Gasteiger partial charge in [-0.1, -0.05) is 6.92 Å². The largest absolute Gasteiger partial charge is 0.467 e. The summed E-state index contributed by atoms with van der Waals surface area (Å²) in [5, 5.41) is 20.0. The molecule has 0 aliphatic rings. The van der Waals surface area contributed by atoms with E-state index in [1.54, 1.807) is 20.8 Å². The first-order valence-electron chi connectivity index (χ1n) is 8.77. The van der Waals surface area contributed by atoms with Gasteiger partial charge in [0.05, 0.1) is 13.7 Å². The summed E-state index contributed by atoms with van der Waals surface area (Å²) in [6.45, 7) is 7.68. The number of carbonyl (C=O) groups is 1. The Hall–Kier alpha value is -1.97. The van der Waals surface area contributed by atoms with Gasteiger partial charge in [0.2, 0.25) is 5.28 Å². The summed E-state index contributed by atoms with van der Waals surface area (Å²) in [6, 6.07) is -0.780. The van der Waals surface area contributed by atoms with E-state index in [2.05, 4.69) is 15.0 Å². The Balaban J connectivity index is 2.82. The van der Waals surface area contributed by atoms with Crippen molar-refractivity contribution in [3.63, 3.8) is 0 Å². The van der Waals surface area contributed by atoms with Crippen LogP contribution in [0.25, 0.3) is 11.2 Å². The summed E-state index contributed by atoms with van der Waals surface area (Å²) in [6.07, 6.45) is 0.820. The quantitative estimate of drug-likeness (QED) is 0.508. The van der Waals surface area contributed by atoms with Crippen LogP contribution in [0, 0.1) is 0 Å². The smallest absolute Gasteiger partial charge is 0.328 e. The van der Waals surface area contributed by atoms with E-state index >= 15 is 0 Å². The Kier molecular flexibility index (Phi) is 6.61.